The molecule has 2 rings (SSSR count). The van der Waals surface area contributed by atoms with E-state index >= 15 is 0 Å². The lowest BCUT2D eigenvalue weighted by atomic mass is 10.2. The van der Waals surface area contributed by atoms with Crippen molar-refractivity contribution in [1.29, 1.82) is 0 Å². The highest BCUT2D eigenvalue weighted by Crippen LogP contribution is 2.05. The van der Waals surface area contributed by atoms with E-state index in [9.17, 15) is 0 Å². The molecule has 0 spiro atoms. The lowest BCUT2D eigenvalue weighted by molar-refractivity contribution is 0.560. The normalized spacial score (nSPS) is 11.6. The van der Waals surface area contributed by atoms with E-state index in [4.69, 9.17) is 4.42 Å². The van der Waals surface area contributed by atoms with Crippen LogP contribution in [0.2, 0.25) is 0 Å². The van der Waals surface area contributed by atoms with Crippen molar-refractivity contribution in [2.24, 2.45) is 10.2 Å². The number of hydrogen-bond acceptors (Lipinski definition) is 3. The molecular weight excluding hydrogens is 315 g/mol. The molecule has 1 aromatic carbocycles. The molecule has 0 aliphatic rings. The molecule has 4 heteroatoms. The first-order valence-corrected chi connectivity index (χ1v) is 5.78. The number of benzene rings is 1. The smallest absolute Gasteiger partial charge is 0.146 e. The zero-order chi connectivity index (χ0) is 11.2. The predicted molar refractivity (Wildman–Crippen MR) is 73.1 cm³/mol. The molecule has 16 heavy (non-hydrogen) atoms. The summed E-state index contributed by atoms with van der Waals surface area (Å²) < 4.78 is 6.26. The third-order valence-corrected chi connectivity index (χ3v) is 2.52. The summed E-state index contributed by atoms with van der Waals surface area (Å²) in [4.78, 5) is 0. The van der Waals surface area contributed by atoms with Crippen molar-refractivity contribution in [2.75, 3.05) is 0 Å². The van der Waals surface area contributed by atoms with Gasteiger partial charge in [0.1, 0.15) is 5.76 Å². The van der Waals surface area contributed by atoms with Gasteiger partial charge >= 0.3 is 0 Å². The summed E-state index contributed by atoms with van der Waals surface area (Å²) in [6, 6.07) is 11.7. The van der Waals surface area contributed by atoms with E-state index in [1.165, 1.54) is 3.57 Å². The molecule has 0 aliphatic heterocycles. The first-order valence-electron chi connectivity index (χ1n) is 4.70. The van der Waals surface area contributed by atoms with Gasteiger partial charge in [-0.25, -0.2) is 0 Å². The molecule has 0 amide bonds. The van der Waals surface area contributed by atoms with Crippen LogP contribution in [0.5, 0.6) is 0 Å². The molecule has 0 unspecified atom stereocenters. The van der Waals surface area contributed by atoms with E-state index in [1.807, 2.05) is 36.4 Å². The van der Waals surface area contributed by atoms with E-state index in [1.54, 1.807) is 18.7 Å². The highest BCUT2D eigenvalue weighted by atomic mass is 127. The number of rotatable bonds is 3. The van der Waals surface area contributed by atoms with Crippen LogP contribution in [0.25, 0.3) is 0 Å². The van der Waals surface area contributed by atoms with Crippen LogP contribution in [0.15, 0.2) is 57.3 Å². The van der Waals surface area contributed by atoms with Crippen LogP contribution in [-0.4, -0.2) is 12.4 Å². The Morgan fingerprint density at radius 2 is 1.94 bits per heavy atom. The quantitative estimate of drug-likeness (QED) is 0.485. The molecule has 0 atom stereocenters. The van der Waals surface area contributed by atoms with Gasteiger partial charge in [0.25, 0.3) is 0 Å². The zero-order valence-corrected chi connectivity index (χ0v) is 10.5. The van der Waals surface area contributed by atoms with Crippen molar-refractivity contribution >= 4 is 35.0 Å². The Bertz CT molecular complexity index is 503. The van der Waals surface area contributed by atoms with E-state index < -0.39 is 0 Å². The first kappa shape index (κ1) is 11.1. The summed E-state index contributed by atoms with van der Waals surface area (Å²) in [5.41, 5.74) is 1.03. The third-order valence-electron chi connectivity index (χ3n) is 1.85. The molecule has 0 saturated heterocycles. The Hall–Kier alpha value is -1.43. The van der Waals surface area contributed by atoms with Gasteiger partial charge in [-0.15, -0.1) is 0 Å². The van der Waals surface area contributed by atoms with E-state index in [2.05, 4.69) is 32.8 Å². The van der Waals surface area contributed by atoms with Crippen molar-refractivity contribution in [2.45, 2.75) is 0 Å². The standard InChI is InChI=1S/C12H9IN2O/c13-11-4-1-3-10(7-11)8-14-15-9-12-5-2-6-16-12/h1-9H/b14-8-,15-9+. The summed E-state index contributed by atoms with van der Waals surface area (Å²) >= 11 is 2.26. The number of hydrogen-bond donors (Lipinski definition) is 0. The number of furan rings is 1. The average Bonchev–Trinajstić information content (AvgIpc) is 2.77. The van der Waals surface area contributed by atoms with Crippen LogP contribution < -0.4 is 0 Å². The minimum absolute atomic E-state index is 0.694. The Kier molecular flexibility index (Phi) is 3.87. The second kappa shape index (κ2) is 5.60. The van der Waals surface area contributed by atoms with Crippen molar-refractivity contribution in [3.8, 4) is 0 Å². The highest BCUT2D eigenvalue weighted by Gasteiger charge is 1.89. The molecule has 3 nitrogen and oxygen atoms in total. The molecule has 2 aromatic rings. The molecule has 0 bridgehead atoms. The van der Waals surface area contributed by atoms with E-state index in [-0.39, 0.29) is 0 Å². The summed E-state index contributed by atoms with van der Waals surface area (Å²) in [6.07, 6.45) is 4.89. The van der Waals surface area contributed by atoms with Crippen molar-refractivity contribution in [3.63, 3.8) is 0 Å². The van der Waals surface area contributed by atoms with E-state index in [0.717, 1.165) is 5.56 Å². The van der Waals surface area contributed by atoms with Crippen molar-refractivity contribution in [1.82, 2.24) is 0 Å². The zero-order valence-electron chi connectivity index (χ0n) is 8.38. The molecule has 0 radical (unpaired) electrons. The average molecular weight is 324 g/mol. The van der Waals surface area contributed by atoms with Gasteiger partial charge in [0, 0.05) is 3.57 Å². The van der Waals surface area contributed by atoms with Gasteiger partial charge in [-0.1, -0.05) is 12.1 Å². The fourth-order valence-corrected chi connectivity index (χ4v) is 1.71. The van der Waals surface area contributed by atoms with Crippen LogP contribution in [0.1, 0.15) is 11.3 Å². The Morgan fingerprint density at radius 3 is 2.69 bits per heavy atom. The monoisotopic (exact) mass is 324 g/mol. The minimum atomic E-state index is 0.694. The predicted octanol–water partition coefficient (Wildman–Crippen LogP) is 3.34. The molecular formula is C12H9IN2O. The van der Waals surface area contributed by atoms with Gasteiger partial charge in [-0.3, -0.25) is 0 Å². The Labute approximate surface area is 107 Å². The van der Waals surface area contributed by atoms with Crippen LogP contribution >= 0.6 is 22.6 Å². The van der Waals surface area contributed by atoms with Crippen LogP contribution in [0.3, 0.4) is 0 Å². The van der Waals surface area contributed by atoms with Gasteiger partial charge in [0.2, 0.25) is 0 Å². The topological polar surface area (TPSA) is 37.9 Å². The van der Waals surface area contributed by atoms with Gasteiger partial charge in [0.05, 0.1) is 18.7 Å². The van der Waals surface area contributed by atoms with Crippen molar-refractivity contribution in [3.05, 3.63) is 57.6 Å². The molecule has 1 heterocycles. The Morgan fingerprint density at radius 1 is 1.06 bits per heavy atom. The number of halogens is 1. The van der Waals surface area contributed by atoms with Gasteiger partial charge in [-0.05, 0) is 52.4 Å². The van der Waals surface area contributed by atoms with Crippen LogP contribution in [0, 0.1) is 3.57 Å². The summed E-state index contributed by atoms with van der Waals surface area (Å²) in [5.74, 6) is 0.694. The summed E-state index contributed by atoms with van der Waals surface area (Å²) in [6.45, 7) is 0. The molecule has 0 saturated carbocycles. The largest absolute Gasteiger partial charge is 0.463 e. The van der Waals surface area contributed by atoms with Crippen LogP contribution in [-0.2, 0) is 0 Å². The second-order valence-electron chi connectivity index (χ2n) is 3.06. The first-order chi connectivity index (χ1) is 7.84. The lowest BCUT2D eigenvalue weighted by Crippen LogP contribution is -1.81. The van der Waals surface area contributed by atoms with Gasteiger partial charge in [0.15, 0.2) is 0 Å². The Balaban J connectivity index is 2.00. The van der Waals surface area contributed by atoms with Crippen LogP contribution in [0.4, 0.5) is 0 Å². The van der Waals surface area contributed by atoms with Crippen molar-refractivity contribution < 1.29 is 4.42 Å². The summed E-state index contributed by atoms with van der Waals surface area (Å²) in [7, 11) is 0. The fraction of sp³-hybridized carbons (Fsp3) is 0. The maximum Gasteiger partial charge on any atom is 0.146 e. The number of nitrogens with zero attached hydrogens (tertiary/aromatic N) is 2. The molecule has 0 aliphatic carbocycles. The third kappa shape index (κ3) is 3.30. The summed E-state index contributed by atoms with van der Waals surface area (Å²) in [5, 5.41) is 7.83. The maximum atomic E-state index is 5.08. The SMILES string of the molecule is Ic1cccc(/C=N\N=C\c2ccco2)c1. The maximum absolute atomic E-state index is 5.08. The van der Waals surface area contributed by atoms with Gasteiger partial charge in [-0.2, -0.15) is 10.2 Å². The molecule has 0 N–H and O–H groups in total. The van der Waals surface area contributed by atoms with E-state index in [0.29, 0.717) is 5.76 Å². The molecule has 1 aromatic heterocycles. The fourth-order valence-electron chi connectivity index (χ4n) is 1.14. The minimum Gasteiger partial charge on any atom is -0.463 e. The van der Waals surface area contributed by atoms with Gasteiger partial charge < -0.3 is 4.42 Å². The molecule has 80 valence electrons. The highest BCUT2D eigenvalue weighted by molar-refractivity contribution is 14.1. The second-order valence-corrected chi connectivity index (χ2v) is 4.31. The lowest BCUT2D eigenvalue weighted by Gasteiger charge is -1.91. The molecule has 0 fully saturated rings.